The lowest BCUT2D eigenvalue weighted by atomic mass is 9.74. The fraction of sp³-hybridized carbons (Fsp3) is 0.625. The minimum absolute atomic E-state index is 0.212. The Morgan fingerprint density at radius 2 is 2.11 bits per heavy atom. The predicted octanol–water partition coefficient (Wildman–Crippen LogP) is 4.04. The molecule has 0 amide bonds. The summed E-state index contributed by atoms with van der Waals surface area (Å²) in [6, 6.07) is 3.96. The number of hydrogen-bond acceptors (Lipinski definition) is 2. The first-order valence-electron chi connectivity index (χ1n) is 7.26. The molecule has 2 nitrogen and oxygen atoms in total. The van der Waals surface area contributed by atoms with Gasteiger partial charge in [-0.2, -0.15) is 0 Å². The molecule has 0 saturated heterocycles. The predicted molar refractivity (Wildman–Crippen MR) is 73.7 cm³/mol. The van der Waals surface area contributed by atoms with Gasteiger partial charge in [-0.3, -0.25) is 9.78 Å². The summed E-state index contributed by atoms with van der Waals surface area (Å²) in [7, 11) is 0. The molecule has 1 fully saturated rings. The Morgan fingerprint density at radius 3 is 2.83 bits per heavy atom. The minimum Gasteiger partial charge on any atom is -0.292 e. The first kappa shape index (κ1) is 13.3. The fourth-order valence-electron chi connectivity index (χ4n) is 3.16. The molecular formula is C16H23NO. The molecule has 2 atom stereocenters. The van der Waals surface area contributed by atoms with Gasteiger partial charge in [0.15, 0.2) is 5.78 Å². The van der Waals surface area contributed by atoms with Crippen LogP contribution in [-0.4, -0.2) is 10.8 Å². The molecule has 0 radical (unpaired) electrons. The van der Waals surface area contributed by atoms with E-state index in [0.29, 0.717) is 11.7 Å². The summed E-state index contributed by atoms with van der Waals surface area (Å²) in [6.45, 7) is 4.29. The van der Waals surface area contributed by atoms with Gasteiger partial charge in [0.2, 0.25) is 0 Å². The average Bonchev–Trinajstić information content (AvgIpc) is 2.46. The number of pyridine rings is 1. The van der Waals surface area contributed by atoms with Crippen molar-refractivity contribution in [3.63, 3.8) is 0 Å². The van der Waals surface area contributed by atoms with Crippen LogP contribution in [-0.2, 0) is 6.42 Å². The van der Waals surface area contributed by atoms with Crippen LogP contribution in [0.15, 0.2) is 18.3 Å². The number of ketones is 1. The molecule has 0 spiro atoms. The number of aromatic nitrogens is 1. The molecule has 2 heteroatoms. The van der Waals surface area contributed by atoms with Gasteiger partial charge in [0.25, 0.3) is 0 Å². The van der Waals surface area contributed by atoms with Crippen LogP contribution in [0, 0.1) is 11.8 Å². The highest BCUT2D eigenvalue weighted by Gasteiger charge is 2.31. The molecule has 2 rings (SSSR count). The summed E-state index contributed by atoms with van der Waals surface area (Å²) in [6.07, 6.45) is 8.49. The monoisotopic (exact) mass is 245 g/mol. The van der Waals surface area contributed by atoms with Crippen molar-refractivity contribution in [2.24, 2.45) is 11.8 Å². The largest absolute Gasteiger partial charge is 0.292 e. The van der Waals surface area contributed by atoms with E-state index >= 15 is 0 Å². The topological polar surface area (TPSA) is 30.0 Å². The van der Waals surface area contributed by atoms with Crippen LogP contribution in [0.4, 0.5) is 0 Å². The number of aryl methyl sites for hydroxylation is 1. The van der Waals surface area contributed by atoms with Crippen molar-refractivity contribution in [1.29, 1.82) is 0 Å². The highest BCUT2D eigenvalue weighted by Crippen LogP contribution is 2.34. The number of carbonyl (C=O) groups excluding carboxylic acids is 1. The van der Waals surface area contributed by atoms with Gasteiger partial charge in [0.05, 0.1) is 0 Å². The maximum absolute atomic E-state index is 12.7. The lowest BCUT2D eigenvalue weighted by molar-refractivity contribution is 0.0814. The highest BCUT2D eigenvalue weighted by molar-refractivity contribution is 5.97. The van der Waals surface area contributed by atoms with E-state index in [9.17, 15) is 4.79 Å². The van der Waals surface area contributed by atoms with Crippen molar-refractivity contribution in [3.8, 4) is 0 Å². The molecular weight excluding hydrogens is 222 g/mol. The van der Waals surface area contributed by atoms with E-state index in [1.807, 2.05) is 12.1 Å². The molecule has 0 aromatic carbocycles. The second kappa shape index (κ2) is 6.12. The van der Waals surface area contributed by atoms with Crippen LogP contribution in [0.25, 0.3) is 0 Å². The lowest BCUT2D eigenvalue weighted by Crippen LogP contribution is -2.28. The molecule has 1 aliphatic rings. The van der Waals surface area contributed by atoms with Crippen LogP contribution in [0.2, 0.25) is 0 Å². The zero-order chi connectivity index (χ0) is 13.0. The standard InChI is InChI=1S/C16H23NO/c1-3-12-8-5-6-10-14(12)16(18)15-13(4-2)9-7-11-17-15/h7,9,11-12,14H,3-6,8,10H2,1-2H3. The maximum Gasteiger partial charge on any atom is 0.184 e. The molecule has 1 aromatic heterocycles. The van der Waals surface area contributed by atoms with E-state index in [-0.39, 0.29) is 5.92 Å². The van der Waals surface area contributed by atoms with E-state index in [1.54, 1.807) is 6.20 Å². The van der Waals surface area contributed by atoms with Gasteiger partial charge in [0.1, 0.15) is 5.69 Å². The van der Waals surface area contributed by atoms with Crippen molar-refractivity contribution >= 4 is 5.78 Å². The molecule has 1 aliphatic carbocycles. The van der Waals surface area contributed by atoms with E-state index in [0.717, 1.165) is 30.5 Å². The molecule has 0 bridgehead atoms. The van der Waals surface area contributed by atoms with Crippen LogP contribution in [0.1, 0.15) is 62.0 Å². The Balaban J connectivity index is 2.24. The van der Waals surface area contributed by atoms with Crippen LogP contribution >= 0.6 is 0 Å². The maximum atomic E-state index is 12.7. The Kier molecular flexibility index (Phi) is 4.51. The third kappa shape index (κ3) is 2.63. The van der Waals surface area contributed by atoms with Gasteiger partial charge in [0, 0.05) is 12.1 Å². The lowest BCUT2D eigenvalue weighted by Gasteiger charge is -2.29. The molecule has 0 aliphatic heterocycles. The number of rotatable bonds is 4. The molecule has 2 unspecified atom stereocenters. The fourth-order valence-corrected chi connectivity index (χ4v) is 3.16. The second-order valence-corrected chi connectivity index (χ2v) is 5.29. The quantitative estimate of drug-likeness (QED) is 0.749. The SMILES string of the molecule is CCc1cccnc1C(=O)C1CCCCC1CC. The summed E-state index contributed by atoms with van der Waals surface area (Å²) >= 11 is 0. The van der Waals surface area contributed by atoms with Crippen LogP contribution in [0.5, 0.6) is 0 Å². The minimum atomic E-state index is 0.212. The molecule has 1 aromatic rings. The molecule has 1 heterocycles. The van der Waals surface area contributed by atoms with Gasteiger partial charge in [-0.25, -0.2) is 0 Å². The zero-order valence-corrected chi connectivity index (χ0v) is 11.5. The average molecular weight is 245 g/mol. The molecule has 18 heavy (non-hydrogen) atoms. The van der Waals surface area contributed by atoms with Crippen molar-refractivity contribution in [2.45, 2.75) is 52.4 Å². The van der Waals surface area contributed by atoms with Gasteiger partial charge < -0.3 is 0 Å². The molecule has 1 saturated carbocycles. The third-order valence-electron chi connectivity index (χ3n) is 4.28. The second-order valence-electron chi connectivity index (χ2n) is 5.29. The molecule has 98 valence electrons. The first-order valence-corrected chi connectivity index (χ1v) is 7.26. The Morgan fingerprint density at radius 1 is 1.33 bits per heavy atom. The van der Waals surface area contributed by atoms with Crippen molar-refractivity contribution in [1.82, 2.24) is 4.98 Å². The smallest absolute Gasteiger partial charge is 0.184 e. The van der Waals surface area contributed by atoms with Crippen LogP contribution < -0.4 is 0 Å². The van der Waals surface area contributed by atoms with Crippen molar-refractivity contribution in [3.05, 3.63) is 29.6 Å². The van der Waals surface area contributed by atoms with E-state index in [4.69, 9.17) is 0 Å². The number of hydrogen-bond donors (Lipinski definition) is 0. The number of carbonyl (C=O) groups is 1. The summed E-state index contributed by atoms with van der Waals surface area (Å²) in [5, 5.41) is 0. The first-order chi connectivity index (χ1) is 8.77. The van der Waals surface area contributed by atoms with Crippen molar-refractivity contribution in [2.75, 3.05) is 0 Å². The normalized spacial score (nSPS) is 23.9. The van der Waals surface area contributed by atoms with E-state index in [1.165, 1.54) is 19.3 Å². The Hall–Kier alpha value is -1.18. The Bertz CT molecular complexity index is 413. The van der Waals surface area contributed by atoms with E-state index in [2.05, 4.69) is 18.8 Å². The molecule has 0 N–H and O–H groups in total. The van der Waals surface area contributed by atoms with Gasteiger partial charge in [-0.15, -0.1) is 0 Å². The van der Waals surface area contributed by atoms with Crippen LogP contribution in [0.3, 0.4) is 0 Å². The summed E-state index contributed by atoms with van der Waals surface area (Å²) < 4.78 is 0. The van der Waals surface area contributed by atoms with E-state index < -0.39 is 0 Å². The van der Waals surface area contributed by atoms with Crippen molar-refractivity contribution < 1.29 is 4.79 Å². The third-order valence-corrected chi connectivity index (χ3v) is 4.28. The highest BCUT2D eigenvalue weighted by atomic mass is 16.1. The summed E-state index contributed by atoms with van der Waals surface area (Å²) in [5.41, 5.74) is 1.83. The Labute approximate surface area is 110 Å². The number of Topliss-reactive ketones (excluding diaryl/α,β-unsaturated/α-hetero) is 1. The van der Waals surface area contributed by atoms with Gasteiger partial charge >= 0.3 is 0 Å². The van der Waals surface area contributed by atoms with Gasteiger partial charge in [-0.1, -0.05) is 39.2 Å². The summed E-state index contributed by atoms with van der Waals surface area (Å²) in [4.78, 5) is 17.0. The summed E-state index contributed by atoms with van der Waals surface area (Å²) in [5.74, 6) is 1.07. The van der Waals surface area contributed by atoms with Gasteiger partial charge in [-0.05, 0) is 36.8 Å². The number of nitrogens with zero attached hydrogens (tertiary/aromatic N) is 1. The zero-order valence-electron chi connectivity index (χ0n) is 11.5.